The van der Waals surface area contributed by atoms with Gasteiger partial charge in [-0.25, -0.2) is 15.0 Å². The molecule has 1 saturated carbocycles. The minimum Gasteiger partial charge on any atom is -0.477 e. The first-order chi connectivity index (χ1) is 12.8. The Morgan fingerprint density at radius 3 is 3.08 bits per heavy atom. The van der Waals surface area contributed by atoms with Gasteiger partial charge in [0.15, 0.2) is 0 Å². The first-order valence-electron chi connectivity index (χ1n) is 9.56. The number of rotatable bonds is 6. The Morgan fingerprint density at radius 2 is 2.23 bits per heavy atom. The molecule has 1 unspecified atom stereocenters. The molecule has 2 aromatic rings. The average Bonchev–Trinajstić information content (AvgIpc) is 3.11. The monoisotopic (exact) mass is 354 g/mol. The summed E-state index contributed by atoms with van der Waals surface area (Å²) in [5.41, 5.74) is 1.24. The van der Waals surface area contributed by atoms with Crippen molar-refractivity contribution in [2.45, 2.75) is 44.8 Å². The average molecular weight is 354 g/mol. The van der Waals surface area contributed by atoms with Crippen molar-refractivity contribution in [1.29, 1.82) is 0 Å². The predicted octanol–water partition coefficient (Wildman–Crippen LogP) is 2.89. The van der Waals surface area contributed by atoms with E-state index in [9.17, 15) is 0 Å². The van der Waals surface area contributed by atoms with Crippen molar-refractivity contribution in [2.75, 3.05) is 24.7 Å². The third-order valence-corrected chi connectivity index (χ3v) is 5.29. The van der Waals surface area contributed by atoms with Gasteiger partial charge in [0, 0.05) is 30.6 Å². The molecule has 4 rings (SSSR count). The van der Waals surface area contributed by atoms with Crippen LogP contribution in [0.2, 0.25) is 0 Å². The van der Waals surface area contributed by atoms with E-state index >= 15 is 0 Å². The molecular weight excluding hydrogens is 328 g/mol. The van der Waals surface area contributed by atoms with E-state index in [4.69, 9.17) is 9.47 Å². The molecule has 1 saturated heterocycles. The van der Waals surface area contributed by atoms with Gasteiger partial charge >= 0.3 is 0 Å². The van der Waals surface area contributed by atoms with Gasteiger partial charge in [-0.3, -0.25) is 0 Å². The molecule has 3 heterocycles. The molecule has 1 aliphatic carbocycles. The number of aryl methyl sites for hydroxylation is 1. The number of anilines is 1. The lowest BCUT2D eigenvalue weighted by molar-refractivity contribution is 0.0229. The maximum absolute atomic E-state index is 6.08. The molecule has 0 radical (unpaired) electrons. The van der Waals surface area contributed by atoms with Crippen LogP contribution in [0.3, 0.4) is 0 Å². The minimum absolute atomic E-state index is 0.255. The van der Waals surface area contributed by atoms with Gasteiger partial charge < -0.3 is 14.4 Å². The Balaban J connectivity index is 1.45. The second-order valence-electron chi connectivity index (χ2n) is 7.11. The van der Waals surface area contributed by atoms with E-state index in [0.29, 0.717) is 24.4 Å². The molecule has 0 aromatic carbocycles. The minimum atomic E-state index is 0.255. The number of morpholine rings is 1. The van der Waals surface area contributed by atoms with Gasteiger partial charge in [-0.05, 0) is 31.2 Å². The van der Waals surface area contributed by atoms with E-state index in [1.807, 2.05) is 24.4 Å². The molecule has 2 fully saturated rings. The number of aromatic nitrogens is 3. The van der Waals surface area contributed by atoms with Gasteiger partial charge in [-0.15, -0.1) is 0 Å². The van der Waals surface area contributed by atoms with Crippen LogP contribution in [0.25, 0.3) is 0 Å². The molecule has 6 nitrogen and oxygen atoms in total. The van der Waals surface area contributed by atoms with Crippen molar-refractivity contribution in [3.63, 3.8) is 0 Å². The van der Waals surface area contributed by atoms with Crippen LogP contribution in [0.15, 0.2) is 36.9 Å². The third-order valence-electron chi connectivity index (χ3n) is 5.29. The summed E-state index contributed by atoms with van der Waals surface area (Å²) in [4.78, 5) is 15.5. The van der Waals surface area contributed by atoms with Crippen molar-refractivity contribution < 1.29 is 9.47 Å². The highest BCUT2D eigenvalue weighted by Gasteiger charge is 2.42. The first kappa shape index (κ1) is 17.2. The largest absolute Gasteiger partial charge is 0.477 e. The summed E-state index contributed by atoms with van der Waals surface area (Å²) >= 11 is 0. The molecule has 0 spiro atoms. The lowest BCUT2D eigenvalue weighted by Gasteiger charge is -2.39. The molecule has 138 valence electrons. The van der Waals surface area contributed by atoms with Gasteiger partial charge in [-0.1, -0.05) is 19.4 Å². The first-order valence-corrected chi connectivity index (χ1v) is 9.56. The number of nitrogens with zero attached hydrogens (tertiary/aromatic N) is 4. The zero-order chi connectivity index (χ0) is 17.8. The number of hydrogen-bond acceptors (Lipinski definition) is 6. The lowest BCUT2D eigenvalue weighted by Crippen LogP contribution is -2.49. The van der Waals surface area contributed by atoms with E-state index in [-0.39, 0.29) is 6.10 Å². The smallest absolute Gasteiger partial charge is 0.213 e. The fraction of sp³-hybridized carbons (Fsp3) is 0.550. The van der Waals surface area contributed by atoms with Gasteiger partial charge in [0.1, 0.15) is 12.1 Å². The molecular formula is C20H26N4O2. The van der Waals surface area contributed by atoms with Crippen LogP contribution in [0.5, 0.6) is 5.88 Å². The SMILES string of the molecule is CCCc1cncnc1N1CCO[C@@H]2CC(COc3ccccn3)C[C@@H]21. The number of hydrogen-bond donors (Lipinski definition) is 0. The van der Waals surface area contributed by atoms with Crippen molar-refractivity contribution in [3.05, 3.63) is 42.5 Å². The van der Waals surface area contributed by atoms with E-state index in [2.05, 4.69) is 26.8 Å². The summed E-state index contributed by atoms with van der Waals surface area (Å²) < 4.78 is 12.0. The van der Waals surface area contributed by atoms with E-state index < -0.39 is 0 Å². The van der Waals surface area contributed by atoms with Gasteiger partial charge in [-0.2, -0.15) is 0 Å². The van der Waals surface area contributed by atoms with E-state index in [1.54, 1.807) is 12.5 Å². The highest BCUT2D eigenvalue weighted by molar-refractivity contribution is 5.47. The zero-order valence-corrected chi connectivity index (χ0v) is 15.3. The summed E-state index contributed by atoms with van der Waals surface area (Å²) in [5.74, 6) is 2.26. The quantitative estimate of drug-likeness (QED) is 0.795. The Morgan fingerprint density at radius 1 is 1.27 bits per heavy atom. The Bertz CT molecular complexity index is 712. The van der Waals surface area contributed by atoms with E-state index in [1.165, 1.54) is 5.56 Å². The molecule has 3 atom stereocenters. The van der Waals surface area contributed by atoms with Crippen LogP contribution in [0, 0.1) is 5.92 Å². The van der Waals surface area contributed by atoms with Gasteiger partial charge in [0.25, 0.3) is 0 Å². The standard InChI is InChI=1S/C20H26N4O2/c1-2-5-16-12-21-14-23-20(16)24-8-9-25-18-11-15(10-17(18)24)13-26-19-6-3-4-7-22-19/h3-4,6-7,12,14-15,17-18H,2,5,8-11,13H2,1H3/t15?,17-,18+/m0/s1. The Hall–Kier alpha value is -2.21. The molecule has 26 heavy (non-hydrogen) atoms. The van der Waals surface area contributed by atoms with Crippen molar-refractivity contribution in [1.82, 2.24) is 15.0 Å². The third kappa shape index (κ3) is 3.65. The Labute approximate surface area is 154 Å². The van der Waals surface area contributed by atoms with Crippen LogP contribution in [0.4, 0.5) is 5.82 Å². The zero-order valence-electron chi connectivity index (χ0n) is 15.3. The van der Waals surface area contributed by atoms with Gasteiger partial charge in [0.2, 0.25) is 5.88 Å². The molecule has 0 amide bonds. The molecule has 2 aliphatic rings. The number of pyridine rings is 1. The maximum Gasteiger partial charge on any atom is 0.213 e. The lowest BCUT2D eigenvalue weighted by atomic mass is 10.1. The van der Waals surface area contributed by atoms with Gasteiger partial charge in [0.05, 0.1) is 25.4 Å². The molecule has 1 aliphatic heterocycles. The summed E-state index contributed by atoms with van der Waals surface area (Å²) in [5, 5.41) is 0. The summed E-state index contributed by atoms with van der Waals surface area (Å²) in [6, 6.07) is 6.12. The Kier molecular flexibility index (Phi) is 5.29. The summed E-state index contributed by atoms with van der Waals surface area (Å²) in [7, 11) is 0. The second kappa shape index (κ2) is 7.99. The van der Waals surface area contributed by atoms with Crippen LogP contribution in [0.1, 0.15) is 31.7 Å². The highest BCUT2D eigenvalue weighted by atomic mass is 16.5. The molecule has 2 aromatic heterocycles. The fourth-order valence-corrected chi connectivity index (χ4v) is 4.14. The normalized spacial score (nSPS) is 25.1. The van der Waals surface area contributed by atoms with Crippen LogP contribution < -0.4 is 9.64 Å². The van der Waals surface area contributed by atoms with Crippen molar-refractivity contribution >= 4 is 5.82 Å². The fourth-order valence-electron chi connectivity index (χ4n) is 4.14. The maximum atomic E-state index is 6.08. The van der Waals surface area contributed by atoms with E-state index in [0.717, 1.165) is 44.7 Å². The number of fused-ring (bicyclic) bond motifs is 1. The van der Waals surface area contributed by atoms with Crippen molar-refractivity contribution in [2.24, 2.45) is 5.92 Å². The second-order valence-corrected chi connectivity index (χ2v) is 7.11. The molecule has 0 N–H and O–H groups in total. The summed E-state index contributed by atoms with van der Waals surface area (Å²) in [6.45, 7) is 4.53. The predicted molar refractivity (Wildman–Crippen MR) is 99.4 cm³/mol. The summed E-state index contributed by atoms with van der Waals surface area (Å²) in [6.07, 6.45) is 9.85. The topological polar surface area (TPSA) is 60.4 Å². The van der Waals surface area contributed by atoms with Crippen LogP contribution in [-0.4, -0.2) is 46.9 Å². The number of ether oxygens (including phenoxy) is 2. The molecule has 6 heteroatoms. The van der Waals surface area contributed by atoms with Crippen molar-refractivity contribution in [3.8, 4) is 5.88 Å². The highest BCUT2D eigenvalue weighted by Crippen LogP contribution is 2.37. The molecule has 0 bridgehead atoms. The van der Waals surface area contributed by atoms with Crippen LogP contribution in [-0.2, 0) is 11.2 Å². The van der Waals surface area contributed by atoms with Crippen LogP contribution >= 0.6 is 0 Å².